The first-order valence-electron chi connectivity index (χ1n) is 6.55. The molecule has 1 aliphatic carbocycles. The van der Waals surface area contributed by atoms with Gasteiger partial charge < -0.3 is 15.0 Å². The zero-order valence-electron chi connectivity index (χ0n) is 11.2. The van der Waals surface area contributed by atoms with E-state index in [9.17, 15) is 0 Å². The molecule has 0 unspecified atom stereocenters. The van der Waals surface area contributed by atoms with Gasteiger partial charge in [-0.2, -0.15) is 5.10 Å². The van der Waals surface area contributed by atoms with Gasteiger partial charge in [-0.15, -0.1) is 5.10 Å². The van der Waals surface area contributed by atoms with E-state index in [1.165, 1.54) is 12.8 Å². The van der Waals surface area contributed by atoms with Crippen LogP contribution >= 0.6 is 0 Å². The van der Waals surface area contributed by atoms with Crippen molar-refractivity contribution >= 4 is 5.82 Å². The van der Waals surface area contributed by atoms with E-state index in [1.807, 2.05) is 19.2 Å². The second kappa shape index (κ2) is 6.66. The van der Waals surface area contributed by atoms with Crippen LogP contribution in [0.1, 0.15) is 25.0 Å². The maximum atomic E-state index is 5.04. The fourth-order valence-electron chi connectivity index (χ4n) is 1.75. The minimum atomic E-state index is 0.711. The summed E-state index contributed by atoms with van der Waals surface area (Å²) in [5.74, 6) is 0.918. The molecule has 5 nitrogen and oxygen atoms in total. The SMILES string of the molecule is COCCCN(C)c1ccc(CNC2CC2)nn1. The number of hydrogen-bond donors (Lipinski definition) is 1. The predicted octanol–water partition coefficient (Wildman–Crippen LogP) is 1.20. The number of methoxy groups -OCH3 is 1. The van der Waals surface area contributed by atoms with E-state index in [-0.39, 0.29) is 0 Å². The fourth-order valence-corrected chi connectivity index (χ4v) is 1.75. The second-order valence-corrected chi connectivity index (χ2v) is 4.81. The molecular weight excluding hydrogens is 228 g/mol. The Bertz CT molecular complexity index is 351. The predicted molar refractivity (Wildman–Crippen MR) is 71.7 cm³/mol. The number of hydrogen-bond acceptors (Lipinski definition) is 5. The highest BCUT2D eigenvalue weighted by Gasteiger charge is 2.20. The Morgan fingerprint density at radius 1 is 1.39 bits per heavy atom. The van der Waals surface area contributed by atoms with Crippen LogP contribution in [-0.2, 0) is 11.3 Å². The summed E-state index contributed by atoms with van der Waals surface area (Å²) in [6, 6.07) is 4.79. The standard InChI is InChI=1S/C13H22N4O/c1-17(8-3-9-18-2)13-7-6-12(15-16-13)10-14-11-4-5-11/h6-7,11,14H,3-5,8-10H2,1-2H3. The topological polar surface area (TPSA) is 50.3 Å². The summed E-state index contributed by atoms with van der Waals surface area (Å²) in [6.45, 7) is 2.54. The summed E-state index contributed by atoms with van der Waals surface area (Å²) in [5, 5.41) is 11.9. The summed E-state index contributed by atoms with van der Waals surface area (Å²) < 4.78 is 5.04. The summed E-state index contributed by atoms with van der Waals surface area (Å²) in [7, 11) is 3.75. The first-order valence-corrected chi connectivity index (χ1v) is 6.55. The molecule has 0 bridgehead atoms. The van der Waals surface area contributed by atoms with E-state index < -0.39 is 0 Å². The third kappa shape index (κ3) is 4.23. The molecule has 1 N–H and O–H groups in total. The Morgan fingerprint density at radius 3 is 2.83 bits per heavy atom. The molecule has 100 valence electrons. The summed E-state index contributed by atoms with van der Waals surface area (Å²) in [4.78, 5) is 2.10. The Labute approximate surface area is 109 Å². The molecule has 0 atom stereocenters. The molecule has 0 spiro atoms. The molecule has 0 radical (unpaired) electrons. The van der Waals surface area contributed by atoms with Gasteiger partial charge in [-0.05, 0) is 31.4 Å². The van der Waals surface area contributed by atoms with Crippen LogP contribution in [0.2, 0.25) is 0 Å². The molecule has 5 heteroatoms. The molecule has 1 aliphatic rings. The van der Waals surface area contributed by atoms with Crippen molar-refractivity contribution in [3.05, 3.63) is 17.8 Å². The maximum absolute atomic E-state index is 5.04. The average Bonchev–Trinajstić information content (AvgIpc) is 3.21. The van der Waals surface area contributed by atoms with Crippen LogP contribution in [0, 0.1) is 0 Å². The van der Waals surface area contributed by atoms with E-state index in [1.54, 1.807) is 7.11 Å². The Kier molecular flexibility index (Phi) is 4.90. The van der Waals surface area contributed by atoms with Gasteiger partial charge in [0.25, 0.3) is 0 Å². The first kappa shape index (κ1) is 13.2. The number of ether oxygens (including phenoxy) is 1. The molecule has 1 fully saturated rings. The molecule has 0 saturated heterocycles. The van der Waals surface area contributed by atoms with Crippen LogP contribution in [0.15, 0.2) is 12.1 Å². The van der Waals surface area contributed by atoms with Gasteiger partial charge in [0, 0.05) is 39.9 Å². The van der Waals surface area contributed by atoms with E-state index in [2.05, 4.69) is 20.4 Å². The van der Waals surface area contributed by atoms with Crippen molar-refractivity contribution < 1.29 is 4.74 Å². The van der Waals surface area contributed by atoms with E-state index in [4.69, 9.17) is 4.74 Å². The van der Waals surface area contributed by atoms with Gasteiger partial charge in [0.1, 0.15) is 0 Å². The zero-order valence-corrected chi connectivity index (χ0v) is 11.2. The number of anilines is 1. The van der Waals surface area contributed by atoms with Crippen molar-refractivity contribution in [3.8, 4) is 0 Å². The van der Waals surface area contributed by atoms with Crippen LogP contribution < -0.4 is 10.2 Å². The highest BCUT2D eigenvalue weighted by Crippen LogP contribution is 2.19. The van der Waals surface area contributed by atoms with Crippen LogP contribution in [0.5, 0.6) is 0 Å². The van der Waals surface area contributed by atoms with E-state index in [0.29, 0.717) is 6.04 Å². The van der Waals surface area contributed by atoms with Gasteiger partial charge in [0.05, 0.1) is 5.69 Å². The smallest absolute Gasteiger partial charge is 0.150 e. The largest absolute Gasteiger partial charge is 0.385 e. The lowest BCUT2D eigenvalue weighted by molar-refractivity contribution is 0.196. The highest BCUT2D eigenvalue weighted by atomic mass is 16.5. The van der Waals surface area contributed by atoms with Crippen molar-refractivity contribution in [2.45, 2.75) is 31.8 Å². The minimum absolute atomic E-state index is 0.711. The van der Waals surface area contributed by atoms with Crippen molar-refractivity contribution in [1.82, 2.24) is 15.5 Å². The van der Waals surface area contributed by atoms with Gasteiger partial charge in [0.2, 0.25) is 0 Å². The molecule has 0 aliphatic heterocycles. The van der Waals surface area contributed by atoms with E-state index in [0.717, 1.165) is 37.6 Å². The Hall–Kier alpha value is -1.20. The average molecular weight is 250 g/mol. The van der Waals surface area contributed by atoms with Gasteiger partial charge >= 0.3 is 0 Å². The first-order chi connectivity index (χ1) is 8.79. The quantitative estimate of drug-likeness (QED) is 0.703. The van der Waals surface area contributed by atoms with Crippen molar-refractivity contribution in [3.63, 3.8) is 0 Å². The molecule has 0 amide bonds. The highest BCUT2D eigenvalue weighted by molar-refractivity contribution is 5.35. The third-order valence-corrected chi connectivity index (χ3v) is 3.09. The van der Waals surface area contributed by atoms with Crippen molar-refractivity contribution in [2.24, 2.45) is 0 Å². The van der Waals surface area contributed by atoms with Gasteiger partial charge in [-0.3, -0.25) is 0 Å². The number of nitrogens with one attached hydrogen (secondary N) is 1. The molecule has 18 heavy (non-hydrogen) atoms. The molecule has 1 saturated carbocycles. The molecule has 0 aromatic carbocycles. The lowest BCUT2D eigenvalue weighted by atomic mass is 10.3. The number of rotatable bonds is 8. The lowest BCUT2D eigenvalue weighted by Gasteiger charge is -2.17. The molecular formula is C13H22N4O. The summed E-state index contributed by atoms with van der Waals surface area (Å²) in [6.07, 6.45) is 3.60. The van der Waals surface area contributed by atoms with Crippen LogP contribution in [0.4, 0.5) is 5.82 Å². The Morgan fingerprint density at radius 2 is 2.22 bits per heavy atom. The summed E-state index contributed by atoms with van der Waals surface area (Å²) >= 11 is 0. The molecule has 1 heterocycles. The van der Waals surface area contributed by atoms with Crippen molar-refractivity contribution in [1.29, 1.82) is 0 Å². The summed E-state index contributed by atoms with van der Waals surface area (Å²) in [5.41, 5.74) is 1.01. The van der Waals surface area contributed by atoms with Gasteiger partial charge in [-0.25, -0.2) is 0 Å². The molecule has 1 aromatic rings. The van der Waals surface area contributed by atoms with Crippen LogP contribution in [-0.4, -0.2) is 43.5 Å². The molecule has 2 rings (SSSR count). The fraction of sp³-hybridized carbons (Fsp3) is 0.692. The molecule has 1 aromatic heterocycles. The minimum Gasteiger partial charge on any atom is -0.385 e. The normalized spacial score (nSPS) is 14.8. The number of nitrogens with zero attached hydrogens (tertiary/aromatic N) is 3. The third-order valence-electron chi connectivity index (χ3n) is 3.09. The monoisotopic (exact) mass is 250 g/mol. The second-order valence-electron chi connectivity index (χ2n) is 4.81. The van der Waals surface area contributed by atoms with Gasteiger partial charge in [0.15, 0.2) is 5.82 Å². The maximum Gasteiger partial charge on any atom is 0.150 e. The Balaban J connectivity index is 1.77. The van der Waals surface area contributed by atoms with Gasteiger partial charge in [-0.1, -0.05) is 0 Å². The van der Waals surface area contributed by atoms with Crippen molar-refractivity contribution in [2.75, 3.05) is 32.2 Å². The van der Waals surface area contributed by atoms with Crippen LogP contribution in [0.25, 0.3) is 0 Å². The van der Waals surface area contributed by atoms with Crippen LogP contribution in [0.3, 0.4) is 0 Å². The van der Waals surface area contributed by atoms with E-state index >= 15 is 0 Å². The lowest BCUT2D eigenvalue weighted by Crippen LogP contribution is -2.22. The zero-order chi connectivity index (χ0) is 12.8. The number of aromatic nitrogens is 2.